The molecule has 0 aliphatic heterocycles. The molecule has 0 aromatic carbocycles. The molecule has 86 valence electrons. The van der Waals surface area contributed by atoms with Gasteiger partial charge in [0, 0.05) is 14.2 Å². The Kier molecular flexibility index (Phi) is 12.1. The highest BCUT2D eigenvalue weighted by atomic mass is 16.7. The van der Waals surface area contributed by atoms with Crippen molar-refractivity contribution < 1.29 is 14.3 Å². The topological polar surface area (TPSA) is 61.6 Å². The van der Waals surface area contributed by atoms with Gasteiger partial charge in [-0.15, -0.1) is 0 Å². The summed E-state index contributed by atoms with van der Waals surface area (Å²) in [5.74, 6) is 0.326. The first-order valence-electron chi connectivity index (χ1n) is 4.79. The highest BCUT2D eigenvalue weighted by molar-refractivity contribution is 5.57. The van der Waals surface area contributed by atoms with E-state index in [0.717, 1.165) is 12.7 Å². The Morgan fingerprint density at radius 3 is 1.79 bits per heavy atom. The van der Waals surface area contributed by atoms with Crippen LogP contribution in [-0.2, 0) is 14.3 Å². The first kappa shape index (κ1) is 16.0. The number of carbonyl (C=O) groups excluding carboxylic acids is 1. The van der Waals surface area contributed by atoms with Gasteiger partial charge in [-0.05, 0) is 12.8 Å². The molecule has 0 rings (SSSR count). The van der Waals surface area contributed by atoms with Crippen molar-refractivity contribution in [3.8, 4) is 0 Å². The lowest BCUT2D eigenvalue weighted by Crippen LogP contribution is -2.28. The van der Waals surface area contributed by atoms with Crippen LogP contribution in [0.1, 0.15) is 27.2 Å². The molecule has 0 saturated carbocycles. The van der Waals surface area contributed by atoms with Crippen molar-refractivity contribution in [3.05, 3.63) is 0 Å². The summed E-state index contributed by atoms with van der Waals surface area (Å²) in [5.41, 5.74) is 5.36. The van der Waals surface area contributed by atoms with Crippen molar-refractivity contribution in [2.75, 3.05) is 14.2 Å². The SMILES string of the molecule is CCC(C)C(N)C=O.COC(C)OC. The van der Waals surface area contributed by atoms with E-state index in [4.69, 9.17) is 5.73 Å². The Balaban J connectivity index is 0. The minimum atomic E-state index is -0.264. The molecule has 0 fully saturated rings. The zero-order valence-corrected chi connectivity index (χ0v) is 9.82. The molecule has 0 amide bonds. The van der Waals surface area contributed by atoms with Crippen molar-refractivity contribution in [2.45, 2.75) is 39.5 Å². The number of carbonyl (C=O) groups is 1. The number of hydrogen-bond donors (Lipinski definition) is 1. The van der Waals surface area contributed by atoms with Gasteiger partial charge in [0.1, 0.15) is 6.29 Å². The maximum absolute atomic E-state index is 9.98. The number of rotatable bonds is 5. The molecule has 4 heteroatoms. The third-order valence-corrected chi connectivity index (χ3v) is 2.12. The maximum Gasteiger partial charge on any atom is 0.154 e. The summed E-state index contributed by atoms with van der Waals surface area (Å²) in [5, 5.41) is 0. The summed E-state index contributed by atoms with van der Waals surface area (Å²) < 4.78 is 9.35. The van der Waals surface area contributed by atoms with Crippen LogP contribution in [0.25, 0.3) is 0 Å². The molecule has 0 radical (unpaired) electrons. The van der Waals surface area contributed by atoms with Crippen molar-refractivity contribution in [1.29, 1.82) is 0 Å². The molecular weight excluding hydrogens is 182 g/mol. The molecule has 2 N–H and O–H groups in total. The second-order valence-corrected chi connectivity index (χ2v) is 3.14. The zero-order chi connectivity index (χ0) is 11.6. The van der Waals surface area contributed by atoms with Crippen LogP contribution >= 0.6 is 0 Å². The Morgan fingerprint density at radius 2 is 1.71 bits per heavy atom. The molecule has 0 bridgehead atoms. The molecule has 0 aromatic rings. The first-order valence-corrected chi connectivity index (χ1v) is 4.79. The molecule has 0 aliphatic carbocycles. The third-order valence-electron chi connectivity index (χ3n) is 2.12. The van der Waals surface area contributed by atoms with Gasteiger partial charge in [0.25, 0.3) is 0 Å². The molecule has 0 spiro atoms. The molecule has 0 saturated heterocycles. The van der Waals surface area contributed by atoms with E-state index in [1.54, 1.807) is 14.2 Å². The lowest BCUT2D eigenvalue weighted by atomic mass is 10.0. The smallest absolute Gasteiger partial charge is 0.154 e. The summed E-state index contributed by atoms with van der Waals surface area (Å²) in [7, 11) is 3.21. The van der Waals surface area contributed by atoms with E-state index < -0.39 is 0 Å². The normalized spacial score (nSPS) is 14.2. The molecular formula is C10H23NO3. The predicted molar refractivity (Wildman–Crippen MR) is 57.0 cm³/mol. The second kappa shape index (κ2) is 10.6. The molecule has 0 aliphatic rings. The van der Waals surface area contributed by atoms with E-state index in [1.165, 1.54) is 0 Å². The van der Waals surface area contributed by atoms with Gasteiger partial charge in [-0.1, -0.05) is 20.3 Å². The Bertz CT molecular complexity index is 127. The molecule has 14 heavy (non-hydrogen) atoms. The van der Waals surface area contributed by atoms with E-state index >= 15 is 0 Å². The van der Waals surface area contributed by atoms with Gasteiger partial charge < -0.3 is 20.0 Å². The Morgan fingerprint density at radius 1 is 1.29 bits per heavy atom. The van der Waals surface area contributed by atoms with Crippen molar-refractivity contribution >= 4 is 6.29 Å². The predicted octanol–water partition coefficient (Wildman–Crippen LogP) is 1.18. The summed E-state index contributed by atoms with van der Waals surface area (Å²) in [6, 6.07) is -0.264. The number of ether oxygens (including phenoxy) is 2. The van der Waals surface area contributed by atoms with Crippen LogP contribution in [0.4, 0.5) is 0 Å². The fraction of sp³-hybridized carbons (Fsp3) is 0.900. The van der Waals surface area contributed by atoms with Crippen LogP contribution in [0.3, 0.4) is 0 Å². The maximum atomic E-state index is 9.98. The number of aldehydes is 1. The van der Waals surface area contributed by atoms with Gasteiger partial charge in [0.05, 0.1) is 6.04 Å². The summed E-state index contributed by atoms with van der Waals surface area (Å²) in [6.45, 7) is 5.83. The molecule has 0 heterocycles. The van der Waals surface area contributed by atoms with E-state index in [1.807, 2.05) is 20.8 Å². The summed E-state index contributed by atoms with van der Waals surface area (Å²) in [6.07, 6.45) is 1.71. The van der Waals surface area contributed by atoms with Crippen molar-refractivity contribution in [2.24, 2.45) is 11.7 Å². The highest BCUT2D eigenvalue weighted by Gasteiger charge is 2.07. The van der Waals surface area contributed by atoms with Crippen LogP contribution in [-0.4, -0.2) is 32.8 Å². The lowest BCUT2D eigenvalue weighted by molar-refractivity contribution is -0.109. The van der Waals surface area contributed by atoms with Gasteiger partial charge >= 0.3 is 0 Å². The average molecular weight is 205 g/mol. The Hall–Kier alpha value is -0.450. The van der Waals surface area contributed by atoms with E-state index in [2.05, 4.69) is 9.47 Å². The number of hydrogen-bond acceptors (Lipinski definition) is 4. The Labute approximate surface area is 86.8 Å². The highest BCUT2D eigenvalue weighted by Crippen LogP contribution is 2.01. The van der Waals surface area contributed by atoms with Crippen molar-refractivity contribution in [1.82, 2.24) is 0 Å². The van der Waals surface area contributed by atoms with Gasteiger partial charge in [0.2, 0.25) is 0 Å². The first-order chi connectivity index (χ1) is 6.53. The number of nitrogens with two attached hydrogens (primary N) is 1. The minimum Gasteiger partial charge on any atom is -0.356 e. The average Bonchev–Trinajstić information content (AvgIpc) is 2.26. The fourth-order valence-electron chi connectivity index (χ4n) is 0.503. The molecule has 0 aromatic heterocycles. The van der Waals surface area contributed by atoms with Gasteiger partial charge in [-0.3, -0.25) is 0 Å². The van der Waals surface area contributed by atoms with Crippen LogP contribution in [0.5, 0.6) is 0 Å². The van der Waals surface area contributed by atoms with Gasteiger partial charge in [-0.2, -0.15) is 0 Å². The van der Waals surface area contributed by atoms with Crippen LogP contribution in [0.2, 0.25) is 0 Å². The van der Waals surface area contributed by atoms with Crippen molar-refractivity contribution in [3.63, 3.8) is 0 Å². The molecule has 2 unspecified atom stereocenters. The third kappa shape index (κ3) is 9.64. The lowest BCUT2D eigenvalue weighted by Gasteiger charge is -2.09. The van der Waals surface area contributed by atoms with Crippen LogP contribution in [0.15, 0.2) is 0 Å². The standard InChI is InChI=1S/C6H13NO.C4H10O2/c1-3-5(2)6(7)4-8;1-4(5-2)6-3/h4-6H,3,7H2,1-2H3;4H,1-3H3. The molecule has 2 atom stereocenters. The van der Waals surface area contributed by atoms with Gasteiger partial charge in [-0.25, -0.2) is 0 Å². The second-order valence-electron chi connectivity index (χ2n) is 3.14. The van der Waals surface area contributed by atoms with E-state index in [9.17, 15) is 4.79 Å². The van der Waals surface area contributed by atoms with E-state index in [-0.39, 0.29) is 12.3 Å². The fourth-order valence-corrected chi connectivity index (χ4v) is 0.503. The summed E-state index contributed by atoms with van der Waals surface area (Å²) >= 11 is 0. The summed E-state index contributed by atoms with van der Waals surface area (Å²) in [4.78, 5) is 9.98. The van der Waals surface area contributed by atoms with Crippen LogP contribution < -0.4 is 5.73 Å². The van der Waals surface area contributed by atoms with Gasteiger partial charge in [0.15, 0.2) is 6.29 Å². The largest absolute Gasteiger partial charge is 0.356 e. The van der Waals surface area contributed by atoms with E-state index in [0.29, 0.717) is 5.92 Å². The van der Waals surface area contributed by atoms with Crippen LogP contribution in [0, 0.1) is 5.92 Å². The minimum absolute atomic E-state index is 0.0648. The number of methoxy groups -OCH3 is 2. The monoisotopic (exact) mass is 205 g/mol. The molecule has 4 nitrogen and oxygen atoms in total. The quantitative estimate of drug-likeness (QED) is 0.541. The zero-order valence-electron chi connectivity index (χ0n) is 9.82.